The minimum atomic E-state index is -2.36. The summed E-state index contributed by atoms with van der Waals surface area (Å²) in [4.78, 5) is 15.8. The van der Waals surface area contributed by atoms with E-state index in [0.29, 0.717) is 43.2 Å². The fourth-order valence-electron chi connectivity index (χ4n) is 2.40. The molecule has 1 aliphatic rings. The summed E-state index contributed by atoms with van der Waals surface area (Å²) in [7, 11) is 1.44. The summed E-state index contributed by atoms with van der Waals surface area (Å²) in [6.07, 6.45) is -2.36. The summed E-state index contributed by atoms with van der Waals surface area (Å²) >= 11 is 5.96. The van der Waals surface area contributed by atoms with Crippen LogP contribution in [0.15, 0.2) is 12.1 Å². The highest BCUT2D eigenvalue weighted by Gasteiger charge is 2.26. The van der Waals surface area contributed by atoms with Crippen LogP contribution in [0.5, 0.6) is 5.75 Å². The van der Waals surface area contributed by atoms with Crippen LogP contribution in [0.3, 0.4) is 0 Å². The van der Waals surface area contributed by atoms with Crippen LogP contribution in [0.1, 0.15) is 10.4 Å². The van der Waals surface area contributed by atoms with Crippen molar-refractivity contribution in [2.45, 2.75) is 6.43 Å². The number of nitrogen functional groups attached to an aromatic ring is 1. The summed E-state index contributed by atoms with van der Waals surface area (Å²) in [6, 6.07) is 2.98. The molecule has 10 heteroatoms. The Bertz CT molecular complexity index is 556. The number of piperazine rings is 1. The lowest BCUT2D eigenvalue weighted by molar-refractivity contribution is 0.0457. The number of halogens is 5. The molecule has 138 valence electrons. The molecule has 5 nitrogen and oxygen atoms in total. The Morgan fingerprint density at radius 3 is 2.38 bits per heavy atom. The van der Waals surface area contributed by atoms with Gasteiger partial charge in [-0.3, -0.25) is 9.69 Å². The first kappa shape index (κ1) is 23.0. The summed E-state index contributed by atoms with van der Waals surface area (Å²) in [5.41, 5.74) is 6.35. The molecule has 0 aromatic heterocycles. The second-order valence-electron chi connectivity index (χ2n) is 5.06. The number of amides is 1. The third-order valence-corrected chi connectivity index (χ3v) is 3.93. The van der Waals surface area contributed by atoms with Gasteiger partial charge >= 0.3 is 0 Å². The number of nitrogens with two attached hydrogens (primary N) is 1. The van der Waals surface area contributed by atoms with Crippen molar-refractivity contribution >= 4 is 48.0 Å². The molecule has 2 N–H and O–H groups in total. The molecule has 0 aliphatic carbocycles. The van der Waals surface area contributed by atoms with Crippen LogP contribution in [0.4, 0.5) is 14.5 Å². The summed E-state index contributed by atoms with van der Waals surface area (Å²) < 4.78 is 29.9. The largest absolute Gasteiger partial charge is 0.496 e. The molecule has 24 heavy (non-hydrogen) atoms. The van der Waals surface area contributed by atoms with E-state index >= 15 is 0 Å². The van der Waals surface area contributed by atoms with Gasteiger partial charge in [0.05, 0.1) is 29.9 Å². The lowest BCUT2D eigenvalue weighted by atomic mass is 10.1. The predicted molar refractivity (Wildman–Crippen MR) is 95.3 cm³/mol. The minimum absolute atomic E-state index is 0. The second-order valence-corrected chi connectivity index (χ2v) is 5.47. The summed E-state index contributed by atoms with van der Waals surface area (Å²) in [6.45, 7) is 1.34. The van der Waals surface area contributed by atoms with Crippen molar-refractivity contribution in [3.05, 3.63) is 22.7 Å². The third kappa shape index (κ3) is 5.51. The molecule has 1 heterocycles. The van der Waals surface area contributed by atoms with E-state index in [4.69, 9.17) is 22.1 Å². The molecule has 0 atom stereocenters. The average molecular weight is 407 g/mol. The molecule has 0 unspecified atom stereocenters. The molecule has 1 aliphatic heterocycles. The molecule has 2 rings (SSSR count). The van der Waals surface area contributed by atoms with Crippen molar-refractivity contribution in [1.29, 1.82) is 0 Å². The van der Waals surface area contributed by atoms with Crippen molar-refractivity contribution in [3.8, 4) is 5.75 Å². The Hall–Kier alpha value is -1.02. The Morgan fingerprint density at radius 1 is 1.29 bits per heavy atom. The number of hydrogen-bond acceptors (Lipinski definition) is 4. The third-order valence-electron chi connectivity index (χ3n) is 3.60. The highest BCUT2D eigenvalue weighted by atomic mass is 35.5. The van der Waals surface area contributed by atoms with Crippen LogP contribution in [0.25, 0.3) is 0 Å². The number of rotatable bonds is 4. The van der Waals surface area contributed by atoms with Crippen LogP contribution in [-0.2, 0) is 0 Å². The maximum absolute atomic E-state index is 12.6. The topological polar surface area (TPSA) is 58.8 Å². The van der Waals surface area contributed by atoms with Crippen LogP contribution >= 0.6 is 36.4 Å². The molecular formula is C14H20Cl3F2N3O2. The Kier molecular flexibility index (Phi) is 9.65. The molecule has 0 bridgehead atoms. The van der Waals surface area contributed by atoms with E-state index in [2.05, 4.69) is 0 Å². The van der Waals surface area contributed by atoms with Gasteiger partial charge in [0.2, 0.25) is 0 Å². The maximum atomic E-state index is 12.6. The highest BCUT2D eigenvalue weighted by molar-refractivity contribution is 6.33. The number of benzene rings is 1. The smallest absolute Gasteiger partial charge is 0.257 e. The van der Waals surface area contributed by atoms with E-state index in [1.807, 2.05) is 0 Å². The fraction of sp³-hybridized carbons (Fsp3) is 0.500. The van der Waals surface area contributed by atoms with Crippen molar-refractivity contribution in [2.24, 2.45) is 0 Å². The second kappa shape index (κ2) is 10.1. The number of hydrogen-bond donors (Lipinski definition) is 1. The monoisotopic (exact) mass is 405 g/mol. The van der Waals surface area contributed by atoms with E-state index in [-0.39, 0.29) is 42.3 Å². The minimum Gasteiger partial charge on any atom is -0.496 e. The van der Waals surface area contributed by atoms with Crippen LogP contribution in [0, 0.1) is 0 Å². The molecule has 0 saturated carbocycles. The zero-order chi connectivity index (χ0) is 16.3. The molecule has 1 aromatic rings. The van der Waals surface area contributed by atoms with E-state index < -0.39 is 6.43 Å². The van der Waals surface area contributed by atoms with Gasteiger partial charge < -0.3 is 15.4 Å². The van der Waals surface area contributed by atoms with Gasteiger partial charge in [0.25, 0.3) is 12.3 Å². The number of anilines is 1. The SMILES string of the molecule is COc1cc(N)c(Cl)cc1C(=O)N1CCN(CC(F)F)CC1.Cl.Cl. The standard InChI is InChI=1S/C14H18ClF2N3O2.2ClH/c1-22-12-7-11(18)10(15)6-9(12)14(21)20-4-2-19(3-5-20)8-13(16)17;;/h6-7,13H,2-5,8,18H2,1H3;2*1H. The van der Waals surface area contributed by atoms with Crippen molar-refractivity contribution in [1.82, 2.24) is 9.80 Å². The van der Waals surface area contributed by atoms with Crippen molar-refractivity contribution in [3.63, 3.8) is 0 Å². The summed E-state index contributed by atoms with van der Waals surface area (Å²) in [5, 5.41) is 0.278. The lowest BCUT2D eigenvalue weighted by Crippen LogP contribution is -2.49. The molecular weight excluding hydrogens is 387 g/mol. The molecule has 1 saturated heterocycles. The Balaban J connectivity index is 0.00000264. The van der Waals surface area contributed by atoms with Gasteiger partial charge in [0.15, 0.2) is 0 Å². The van der Waals surface area contributed by atoms with Crippen LogP contribution < -0.4 is 10.5 Å². The number of ether oxygens (including phenoxy) is 1. The van der Waals surface area contributed by atoms with Crippen LogP contribution in [0.2, 0.25) is 5.02 Å². The lowest BCUT2D eigenvalue weighted by Gasteiger charge is -2.34. The highest BCUT2D eigenvalue weighted by Crippen LogP contribution is 2.30. The molecule has 1 aromatic carbocycles. The number of carbonyl (C=O) groups is 1. The molecule has 1 fully saturated rings. The number of alkyl halides is 2. The van der Waals surface area contributed by atoms with Crippen LogP contribution in [-0.4, -0.2) is 62.0 Å². The zero-order valence-corrected chi connectivity index (χ0v) is 15.4. The molecule has 0 radical (unpaired) electrons. The first-order valence-corrected chi connectivity index (χ1v) is 7.23. The summed E-state index contributed by atoms with van der Waals surface area (Å²) in [5.74, 6) is 0.109. The number of methoxy groups -OCH3 is 1. The maximum Gasteiger partial charge on any atom is 0.257 e. The number of carbonyl (C=O) groups excluding carboxylic acids is 1. The van der Waals surface area contributed by atoms with E-state index in [1.165, 1.54) is 19.2 Å². The first-order valence-electron chi connectivity index (χ1n) is 6.85. The van der Waals surface area contributed by atoms with E-state index in [9.17, 15) is 13.6 Å². The average Bonchev–Trinajstić information content (AvgIpc) is 2.49. The fourth-order valence-corrected chi connectivity index (χ4v) is 2.57. The van der Waals surface area contributed by atoms with Gasteiger partial charge in [-0.25, -0.2) is 8.78 Å². The van der Waals surface area contributed by atoms with E-state index in [0.717, 1.165) is 0 Å². The van der Waals surface area contributed by atoms with Gasteiger partial charge in [0, 0.05) is 32.2 Å². The van der Waals surface area contributed by atoms with Gasteiger partial charge in [-0.1, -0.05) is 11.6 Å². The van der Waals surface area contributed by atoms with Gasteiger partial charge in [-0.2, -0.15) is 0 Å². The van der Waals surface area contributed by atoms with Crippen molar-refractivity contribution in [2.75, 3.05) is 45.6 Å². The van der Waals surface area contributed by atoms with Gasteiger partial charge in [-0.15, -0.1) is 24.8 Å². The normalized spacial score (nSPS) is 14.8. The molecule has 0 spiro atoms. The number of nitrogens with zero attached hydrogens (tertiary/aromatic N) is 2. The Morgan fingerprint density at radius 2 is 1.88 bits per heavy atom. The predicted octanol–water partition coefficient (Wildman–Crippen LogP) is 2.80. The first-order chi connectivity index (χ1) is 10.4. The van der Waals surface area contributed by atoms with E-state index in [1.54, 1.807) is 9.80 Å². The molecule has 1 amide bonds. The van der Waals surface area contributed by atoms with Gasteiger partial charge in [0.1, 0.15) is 5.75 Å². The van der Waals surface area contributed by atoms with Crippen molar-refractivity contribution < 1.29 is 18.3 Å². The zero-order valence-electron chi connectivity index (χ0n) is 13.0. The Labute approximate surface area is 156 Å². The van der Waals surface area contributed by atoms with Gasteiger partial charge in [-0.05, 0) is 6.07 Å². The quantitative estimate of drug-likeness (QED) is 0.781.